The lowest BCUT2D eigenvalue weighted by molar-refractivity contribution is -0.0664. The molecule has 0 aliphatic heterocycles. The van der Waals surface area contributed by atoms with Gasteiger partial charge in [0.15, 0.2) is 31.2 Å². The summed E-state index contributed by atoms with van der Waals surface area (Å²) in [6.45, 7) is 4.87. The molecule has 4 aromatic carbocycles. The maximum atomic E-state index is 13.7. The minimum Gasteiger partial charge on any atom is -0.484 e. The van der Waals surface area contributed by atoms with Crippen LogP contribution >= 0.6 is 11.6 Å². The maximum Gasteiger partial charge on any atom is 0.314 e. The number of nitrogens with zero attached hydrogens (tertiary/aromatic N) is 4. The van der Waals surface area contributed by atoms with Crippen LogP contribution in [0.5, 0.6) is 11.5 Å². The van der Waals surface area contributed by atoms with E-state index < -0.39 is 66.6 Å². The van der Waals surface area contributed by atoms with E-state index in [4.69, 9.17) is 21.1 Å². The third-order valence-corrected chi connectivity index (χ3v) is 12.1. The van der Waals surface area contributed by atoms with E-state index >= 15 is 0 Å². The molecule has 2 atom stereocenters. The number of aromatic nitrogens is 4. The van der Waals surface area contributed by atoms with Crippen LogP contribution in [0.1, 0.15) is 27.7 Å². The Labute approximate surface area is 373 Å². The minimum absolute atomic E-state index is 0.0993. The van der Waals surface area contributed by atoms with Gasteiger partial charge in [-0.05, 0) is 99.5 Å². The van der Waals surface area contributed by atoms with Gasteiger partial charge in [-0.3, -0.25) is 9.59 Å². The molecule has 64 heavy (non-hydrogen) atoms. The van der Waals surface area contributed by atoms with Crippen LogP contribution in [-0.4, -0.2) is 106 Å². The van der Waals surface area contributed by atoms with Crippen LogP contribution in [0.25, 0.3) is 33.6 Å². The Balaban J connectivity index is 0.000000241. The van der Waals surface area contributed by atoms with E-state index in [1.807, 2.05) is 0 Å². The van der Waals surface area contributed by atoms with Crippen molar-refractivity contribution in [3.8, 4) is 45.1 Å². The van der Waals surface area contributed by atoms with Crippen LogP contribution in [0.3, 0.4) is 0 Å². The second-order valence-electron chi connectivity index (χ2n) is 15.7. The molecule has 0 saturated heterocycles. The zero-order chi connectivity index (χ0) is 47.4. The van der Waals surface area contributed by atoms with E-state index in [1.54, 1.807) is 24.3 Å². The van der Waals surface area contributed by atoms with Crippen LogP contribution < -0.4 is 20.6 Å². The van der Waals surface area contributed by atoms with Crippen molar-refractivity contribution in [1.82, 2.24) is 19.6 Å². The highest BCUT2D eigenvalue weighted by atomic mass is 35.5. The summed E-state index contributed by atoms with van der Waals surface area (Å²) in [6, 6.07) is 23.5. The summed E-state index contributed by atoms with van der Waals surface area (Å²) in [6.07, 6.45) is 2.34. The van der Waals surface area contributed by atoms with Gasteiger partial charge in [0.1, 0.15) is 31.2 Å². The number of sulfone groups is 2. The van der Waals surface area contributed by atoms with Crippen molar-refractivity contribution in [3.63, 3.8) is 0 Å². The number of hydrogen-bond acceptors (Lipinski definition) is 14. The van der Waals surface area contributed by atoms with Gasteiger partial charge in [0.2, 0.25) is 0 Å². The monoisotopic (exact) mass is 940 g/mol. The first-order valence-corrected chi connectivity index (χ1v) is 23.4. The molecule has 0 spiro atoms. The Bertz CT molecular complexity index is 2770. The SMILES string of the molecule is CC(C)(O)[C@@H](O)COc1c(-c2ccc(S(C)(=O)=O)cc2)cnn(-c2cccc(Cl)c2)c1=O.CC(C)(O)[C@@H](O)COc1c(-c2ccc(S(C)(=O)=O)cc2)cnn(-c2cccc(F)c2)c1=O. The first-order chi connectivity index (χ1) is 29.8. The average Bonchev–Trinajstić information content (AvgIpc) is 3.21. The number of hydrogen-bond donors (Lipinski definition) is 4. The summed E-state index contributed by atoms with van der Waals surface area (Å²) in [5.41, 5.74) is -2.20. The topological polar surface area (TPSA) is 237 Å². The van der Waals surface area contributed by atoms with E-state index in [0.29, 0.717) is 27.4 Å². The highest BCUT2D eigenvalue weighted by Crippen LogP contribution is 2.30. The van der Waals surface area contributed by atoms with Crippen LogP contribution in [0.4, 0.5) is 4.39 Å². The largest absolute Gasteiger partial charge is 0.484 e. The van der Waals surface area contributed by atoms with Gasteiger partial charge < -0.3 is 29.9 Å². The van der Waals surface area contributed by atoms with Crippen molar-refractivity contribution >= 4 is 31.3 Å². The predicted molar refractivity (Wildman–Crippen MR) is 237 cm³/mol. The van der Waals surface area contributed by atoms with Gasteiger partial charge in [0.05, 0.1) is 44.8 Å². The van der Waals surface area contributed by atoms with E-state index in [-0.39, 0.29) is 39.1 Å². The summed E-state index contributed by atoms with van der Waals surface area (Å²) in [7, 11) is -6.80. The second kappa shape index (κ2) is 19.5. The first-order valence-electron chi connectivity index (χ1n) is 19.2. The van der Waals surface area contributed by atoms with Gasteiger partial charge in [0, 0.05) is 28.7 Å². The van der Waals surface area contributed by atoms with Crippen LogP contribution in [-0.2, 0) is 19.7 Å². The van der Waals surface area contributed by atoms with Crippen molar-refractivity contribution in [2.45, 2.75) is 60.9 Å². The number of rotatable bonds is 14. The van der Waals surface area contributed by atoms with Gasteiger partial charge in [-0.25, -0.2) is 21.2 Å². The smallest absolute Gasteiger partial charge is 0.314 e. The van der Waals surface area contributed by atoms with E-state index in [0.717, 1.165) is 27.9 Å². The van der Waals surface area contributed by atoms with E-state index in [9.17, 15) is 51.2 Å². The molecule has 2 heterocycles. The maximum absolute atomic E-state index is 13.7. The minimum atomic E-state index is -3.41. The number of benzene rings is 4. The van der Waals surface area contributed by atoms with Gasteiger partial charge >= 0.3 is 11.1 Å². The van der Waals surface area contributed by atoms with Crippen LogP contribution in [0, 0.1) is 5.82 Å². The fourth-order valence-corrected chi connectivity index (χ4v) is 7.09. The Morgan fingerprint density at radius 3 is 1.36 bits per heavy atom. The van der Waals surface area contributed by atoms with Gasteiger partial charge in [-0.15, -0.1) is 0 Å². The molecule has 4 N–H and O–H groups in total. The number of halogens is 2. The van der Waals surface area contributed by atoms with Crippen molar-refractivity contribution < 1.29 is 51.1 Å². The molecule has 0 bridgehead atoms. The standard InChI is InChI=1S/C22H23ClN2O6S.C22H23FN2O6S/c2*1-22(2,28)19(26)13-31-20-18(14-7-9-17(10-8-14)32(3,29)30)12-24-25(21(20)27)16-6-4-5-15(23)11-16/h2*4-12,19,26,28H,13H2,1-3H3/t2*19-/m00/s1. The summed E-state index contributed by atoms with van der Waals surface area (Å²) in [5, 5.41) is 49.0. The number of aliphatic hydroxyl groups is 4. The highest BCUT2D eigenvalue weighted by molar-refractivity contribution is 7.91. The van der Waals surface area contributed by atoms with Crippen molar-refractivity contribution in [1.29, 1.82) is 0 Å². The Hall–Kier alpha value is -5.80. The summed E-state index contributed by atoms with van der Waals surface area (Å²) in [5.74, 6) is -0.869. The second-order valence-corrected chi connectivity index (χ2v) is 20.2. The molecular formula is C44H46ClFN4O12S2. The highest BCUT2D eigenvalue weighted by Gasteiger charge is 2.28. The molecule has 0 amide bonds. The molecule has 20 heteroatoms. The van der Waals surface area contributed by atoms with E-state index in [1.165, 1.54) is 107 Å². The average molecular weight is 941 g/mol. The Morgan fingerprint density at radius 1 is 0.641 bits per heavy atom. The molecule has 340 valence electrons. The van der Waals surface area contributed by atoms with E-state index in [2.05, 4.69) is 10.2 Å². The molecule has 0 fully saturated rings. The quantitative estimate of drug-likeness (QED) is 0.118. The molecule has 0 aliphatic rings. The molecule has 2 aromatic heterocycles. The lowest BCUT2D eigenvalue weighted by atomic mass is 10.0. The molecule has 0 unspecified atom stereocenters. The van der Waals surface area contributed by atoms with Crippen LogP contribution in [0.2, 0.25) is 5.02 Å². The molecule has 0 saturated carbocycles. The summed E-state index contributed by atoms with van der Waals surface area (Å²) < 4.78 is 73.9. The van der Waals surface area contributed by atoms with Gasteiger partial charge in [-0.1, -0.05) is 48.0 Å². The number of ether oxygens (including phenoxy) is 2. The summed E-state index contributed by atoms with van der Waals surface area (Å²) in [4.78, 5) is 26.7. The fourth-order valence-electron chi connectivity index (χ4n) is 5.65. The Morgan fingerprint density at radius 2 is 1.02 bits per heavy atom. The Kier molecular flexibility index (Phi) is 15.0. The molecule has 6 aromatic rings. The number of aliphatic hydroxyl groups excluding tert-OH is 2. The molecule has 0 radical (unpaired) electrons. The van der Waals surface area contributed by atoms with Crippen molar-refractivity contribution in [3.05, 3.63) is 141 Å². The molecule has 0 aliphatic carbocycles. The zero-order valence-corrected chi connectivity index (χ0v) is 37.8. The third-order valence-electron chi connectivity index (χ3n) is 9.56. The predicted octanol–water partition coefficient (Wildman–Crippen LogP) is 4.42. The molecule has 6 rings (SSSR count). The van der Waals surface area contributed by atoms with Gasteiger partial charge in [-0.2, -0.15) is 19.6 Å². The lowest BCUT2D eigenvalue weighted by Gasteiger charge is -2.24. The third kappa shape index (κ3) is 12.3. The fraction of sp³-hybridized carbons (Fsp3) is 0.273. The van der Waals surface area contributed by atoms with Crippen LogP contribution in [0.15, 0.2) is 129 Å². The normalized spacial score (nSPS) is 13.1. The molecular weight excluding hydrogens is 895 g/mol. The van der Waals surface area contributed by atoms with Crippen molar-refractivity contribution in [2.24, 2.45) is 0 Å². The zero-order valence-electron chi connectivity index (χ0n) is 35.4. The first kappa shape index (κ1) is 49.2. The molecule has 16 nitrogen and oxygen atoms in total. The van der Waals surface area contributed by atoms with Gasteiger partial charge in [0.25, 0.3) is 0 Å². The van der Waals surface area contributed by atoms with Crippen molar-refractivity contribution in [2.75, 3.05) is 25.7 Å². The lowest BCUT2D eigenvalue weighted by Crippen LogP contribution is -2.40. The summed E-state index contributed by atoms with van der Waals surface area (Å²) >= 11 is 6.03.